The van der Waals surface area contributed by atoms with E-state index in [1.807, 2.05) is 18.2 Å². The summed E-state index contributed by atoms with van der Waals surface area (Å²) < 4.78 is 10.4. The molecule has 0 spiro atoms. The Balaban J connectivity index is 2.78. The highest BCUT2D eigenvalue weighted by molar-refractivity contribution is 5.67. The van der Waals surface area contributed by atoms with Gasteiger partial charge in [-0.15, -0.1) is 0 Å². The van der Waals surface area contributed by atoms with Crippen molar-refractivity contribution in [1.82, 2.24) is 5.32 Å². The van der Waals surface area contributed by atoms with E-state index in [1.54, 1.807) is 14.2 Å². The van der Waals surface area contributed by atoms with Crippen LogP contribution in [0.15, 0.2) is 18.2 Å². The van der Waals surface area contributed by atoms with Crippen molar-refractivity contribution in [2.75, 3.05) is 20.8 Å². The van der Waals surface area contributed by atoms with Gasteiger partial charge in [-0.1, -0.05) is 13.0 Å². The van der Waals surface area contributed by atoms with E-state index in [9.17, 15) is 4.79 Å². The minimum absolute atomic E-state index is 0.0782. The van der Waals surface area contributed by atoms with Crippen LogP contribution >= 0.6 is 0 Å². The fourth-order valence-electron chi connectivity index (χ4n) is 2.07. The van der Waals surface area contributed by atoms with Crippen LogP contribution in [0.4, 0.5) is 0 Å². The van der Waals surface area contributed by atoms with Gasteiger partial charge in [-0.3, -0.25) is 4.79 Å². The molecule has 5 nitrogen and oxygen atoms in total. The maximum absolute atomic E-state index is 10.9. The number of hydrogen-bond donors (Lipinski definition) is 2. The summed E-state index contributed by atoms with van der Waals surface area (Å²) in [5.41, 5.74) is 1.03. The lowest BCUT2D eigenvalue weighted by molar-refractivity contribution is -0.137. The second kappa shape index (κ2) is 8.43. The summed E-state index contributed by atoms with van der Waals surface area (Å²) in [6, 6.07) is 5.59. The van der Waals surface area contributed by atoms with E-state index in [0.29, 0.717) is 17.9 Å². The molecule has 5 heteroatoms. The summed E-state index contributed by atoms with van der Waals surface area (Å²) in [7, 11) is 3.18. The van der Waals surface area contributed by atoms with Gasteiger partial charge in [0.15, 0.2) is 11.5 Å². The smallest absolute Gasteiger partial charge is 0.304 e. The van der Waals surface area contributed by atoms with E-state index in [4.69, 9.17) is 14.6 Å². The van der Waals surface area contributed by atoms with E-state index in [-0.39, 0.29) is 12.5 Å². The van der Waals surface area contributed by atoms with Crippen LogP contribution in [0.5, 0.6) is 11.5 Å². The molecule has 0 bridgehead atoms. The molecule has 0 fully saturated rings. The van der Waals surface area contributed by atoms with Crippen molar-refractivity contribution in [2.45, 2.75) is 32.2 Å². The van der Waals surface area contributed by atoms with Crippen molar-refractivity contribution in [3.63, 3.8) is 0 Å². The highest BCUT2D eigenvalue weighted by atomic mass is 16.5. The number of benzene rings is 1. The van der Waals surface area contributed by atoms with E-state index in [2.05, 4.69) is 12.2 Å². The number of aliphatic carboxylic acids is 1. The minimum Gasteiger partial charge on any atom is -0.493 e. The number of carboxylic acids is 1. The maximum atomic E-state index is 10.9. The van der Waals surface area contributed by atoms with Gasteiger partial charge in [0.25, 0.3) is 0 Å². The number of hydrogen-bond acceptors (Lipinski definition) is 4. The monoisotopic (exact) mass is 281 g/mol. The Morgan fingerprint density at radius 2 is 2.00 bits per heavy atom. The first-order valence-corrected chi connectivity index (χ1v) is 6.76. The Labute approximate surface area is 119 Å². The first kappa shape index (κ1) is 16.3. The van der Waals surface area contributed by atoms with Crippen LogP contribution in [0.3, 0.4) is 0 Å². The van der Waals surface area contributed by atoms with E-state index < -0.39 is 5.97 Å². The molecule has 0 radical (unpaired) electrons. The molecule has 1 rings (SSSR count). The van der Waals surface area contributed by atoms with Crippen LogP contribution in [-0.2, 0) is 11.2 Å². The van der Waals surface area contributed by atoms with E-state index >= 15 is 0 Å². The largest absolute Gasteiger partial charge is 0.493 e. The van der Waals surface area contributed by atoms with Crippen molar-refractivity contribution in [2.24, 2.45) is 0 Å². The Morgan fingerprint density at radius 3 is 2.55 bits per heavy atom. The number of rotatable bonds is 9. The van der Waals surface area contributed by atoms with Crippen molar-refractivity contribution >= 4 is 5.97 Å². The molecule has 20 heavy (non-hydrogen) atoms. The van der Waals surface area contributed by atoms with Gasteiger partial charge in [0, 0.05) is 6.04 Å². The molecule has 1 aromatic carbocycles. The van der Waals surface area contributed by atoms with Gasteiger partial charge < -0.3 is 19.9 Å². The Kier molecular flexibility index (Phi) is 6.87. The molecule has 1 atom stereocenters. The Morgan fingerprint density at radius 1 is 1.30 bits per heavy atom. The highest BCUT2D eigenvalue weighted by Crippen LogP contribution is 2.28. The lowest BCUT2D eigenvalue weighted by Crippen LogP contribution is -2.33. The second-order valence-electron chi connectivity index (χ2n) is 4.64. The van der Waals surface area contributed by atoms with Crippen molar-refractivity contribution < 1.29 is 19.4 Å². The summed E-state index contributed by atoms with van der Waals surface area (Å²) in [6.07, 6.45) is 1.73. The van der Waals surface area contributed by atoms with Gasteiger partial charge in [-0.2, -0.15) is 0 Å². The fourth-order valence-corrected chi connectivity index (χ4v) is 2.07. The average Bonchev–Trinajstić information content (AvgIpc) is 2.44. The lowest BCUT2D eigenvalue weighted by atomic mass is 10.0. The second-order valence-corrected chi connectivity index (χ2v) is 4.64. The Hall–Kier alpha value is -1.75. The Bertz CT molecular complexity index is 434. The summed E-state index contributed by atoms with van der Waals surface area (Å²) in [5.74, 6) is 0.543. The van der Waals surface area contributed by atoms with Crippen LogP contribution in [-0.4, -0.2) is 37.9 Å². The topological polar surface area (TPSA) is 67.8 Å². The van der Waals surface area contributed by atoms with E-state index in [0.717, 1.165) is 18.5 Å². The van der Waals surface area contributed by atoms with E-state index in [1.165, 1.54) is 0 Å². The molecule has 0 aliphatic heterocycles. The average molecular weight is 281 g/mol. The van der Waals surface area contributed by atoms with Gasteiger partial charge in [0.05, 0.1) is 20.6 Å². The zero-order chi connectivity index (χ0) is 15.0. The van der Waals surface area contributed by atoms with Gasteiger partial charge in [-0.25, -0.2) is 0 Å². The van der Waals surface area contributed by atoms with Gasteiger partial charge in [0.2, 0.25) is 0 Å². The number of ether oxygens (including phenoxy) is 2. The zero-order valence-electron chi connectivity index (χ0n) is 12.3. The standard InChI is InChI=1S/C15H23NO4/c1-4-7-16-12(10-15(17)18)8-11-5-6-13(19-2)14(9-11)20-3/h5-6,9,12,16H,4,7-8,10H2,1-3H3,(H,17,18). The van der Waals surface area contributed by atoms with Crippen molar-refractivity contribution in [1.29, 1.82) is 0 Å². The molecule has 1 unspecified atom stereocenters. The van der Waals surface area contributed by atoms with Gasteiger partial charge in [-0.05, 0) is 37.1 Å². The number of carbonyl (C=O) groups is 1. The molecule has 2 N–H and O–H groups in total. The number of nitrogens with one attached hydrogen (secondary N) is 1. The number of carboxylic acid groups (broad SMARTS) is 1. The summed E-state index contributed by atoms with van der Waals surface area (Å²) >= 11 is 0. The SMILES string of the molecule is CCCNC(CC(=O)O)Cc1ccc(OC)c(OC)c1. The third-order valence-electron chi connectivity index (χ3n) is 3.03. The van der Waals surface area contributed by atoms with Gasteiger partial charge in [0.1, 0.15) is 0 Å². The van der Waals surface area contributed by atoms with Crippen LogP contribution in [0, 0.1) is 0 Å². The molecule has 112 valence electrons. The lowest BCUT2D eigenvalue weighted by Gasteiger charge is -2.17. The highest BCUT2D eigenvalue weighted by Gasteiger charge is 2.14. The molecule has 1 aromatic rings. The third kappa shape index (κ3) is 5.09. The summed E-state index contributed by atoms with van der Waals surface area (Å²) in [5, 5.41) is 12.2. The molecular formula is C15H23NO4. The first-order valence-electron chi connectivity index (χ1n) is 6.76. The first-order chi connectivity index (χ1) is 9.60. The van der Waals surface area contributed by atoms with Crippen LogP contribution in [0.2, 0.25) is 0 Å². The van der Waals surface area contributed by atoms with Crippen molar-refractivity contribution in [3.05, 3.63) is 23.8 Å². The fraction of sp³-hybridized carbons (Fsp3) is 0.533. The van der Waals surface area contributed by atoms with Crippen LogP contribution in [0.1, 0.15) is 25.3 Å². The minimum atomic E-state index is -0.793. The summed E-state index contributed by atoms with van der Waals surface area (Å²) in [6.45, 7) is 2.87. The van der Waals surface area contributed by atoms with Crippen molar-refractivity contribution in [3.8, 4) is 11.5 Å². The molecule has 0 aliphatic rings. The molecule has 0 aliphatic carbocycles. The molecule has 0 amide bonds. The predicted molar refractivity (Wildman–Crippen MR) is 77.6 cm³/mol. The van der Waals surface area contributed by atoms with Crippen LogP contribution in [0.25, 0.3) is 0 Å². The number of methoxy groups -OCH3 is 2. The molecule has 0 aromatic heterocycles. The molecule has 0 saturated carbocycles. The molecule has 0 heterocycles. The normalized spacial score (nSPS) is 11.9. The maximum Gasteiger partial charge on any atom is 0.304 e. The van der Waals surface area contributed by atoms with Crippen LogP contribution < -0.4 is 14.8 Å². The molecular weight excluding hydrogens is 258 g/mol. The quantitative estimate of drug-likeness (QED) is 0.725. The molecule has 0 saturated heterocycles. The zero-order valence-corrected chi connectivity index (χ0v) is 12.3. The van der Waals surface area contributed by atoms with Gasteiger partial charge >= 0.3 is 5.97 Å². The summed E-state index contributed by atoms with van der Waals surface area (Å²) in [4.78, 5) is 10.9. The third-order valence-corrected chi connectivity index (χ3v) is 3.03. The predicted octanol–water partition coefficient (Wildman–Crippen LogP) is 2.09.